The molecule has 16 heavy (non-hydrogen) atoms. The summed E-state index contributed by atoms with van der Waals surface area (Å²) in [6.07, 6.45) is 1.19. The normalized spacial score (nSPS) is 10.4. The van der Waals surface area contributed by atoms with Crippen LogP contribution in [-0.2, 0) is 0 Å². The molecule has 82 valence electrons. The quantitative estimate of drug-likeness (QED) is 0.891. The van der Waals surface area contributed by atoms with E-state index in [-0.39, 0.29) is 15.7 Å². The van der Waals surface area contributed by atoms with E-state index in [0.717, 1.165) is 0 Å². The lowest BCUT2D eigenvalue weighted by Crippen LogP contribution is -1.97. The first-order chi connectivity index (χ1) is 7.61. The number of carboxylic acids is 1. The van der Waals surface area contributed by atoms with Crippen LogP contribution >= 0.6 is 15.9 Å². The molecule has 0 aliphatic carbocycles. The molecule has 0 spiro atoms. The fourth-order valence-electron chi connectivity index (χ4n) is 1.35. The van der Waals surface area contributed by atoms with E-state index in [4.69, 9.17) is 5.11 Å². The van der Waals surface area contributed by atoms with Crippen molar-refractivity contribution in [3.05, 3.63) is 40.2 Å². The highest BCUT2D eigenvalue weighted by atomic mass is 79.9. The Bertz CT molecular complexity index is 554. The van der Waals surface area contributed by atoms with Gasteiger partial charge in [0.05, 0.1) is 16.4 Å². The summed E-state index contributed by atoms with van der Waals surface area (Å²) < 4.78 is 13.5. The molecule has 0 amide bonds. The summed E-state index contributed by atoms with van der Waals surface area (Å²) in [4.78, 5) is 10.9. The van der Waals surface area contributed by atoms with Crippen LogP contribution in [0.4, 0.5) is 4.39 Å². The molecule has 0 radical (unpaired) electrons. The second-order valence-electron chi connectivity index (χ2n) is 3.07. The molecule has 0 unspecified atom stereocenters. The molecule has 2 aromatic rings. The second-order valence-corrected chi connectivity index (χ2v) is 3.86. The zero-order chi connectivity index (χ0) is 11.7. The standard InChI is InChI=1S/C10H6BrFN2O2/c11-8-5(2-1-3-7(8)12)9-6(10(15)16)4-13-14-9/h1-4H,(H,13,14)(H,15,16). The summed E-state index contributed by atoms with van der Waals surface area (Å²) in [7, 11) is 0. The summed E-state index contributed by atoms with van der Waals surface area (Å²) in [6.45, 7) is 0. The number of aromatic carboxylic acids is 1. The van der Waals surface area contributed by atoms with Crippen molar-refractivity contribution < 1.29 is 14.3 Å². The molecule has 2 N–H and O–H groups in total. The molecule has 0 atom stereocenters. The average Bonchev–Trinajstić information content (AvgIpc) is 2.70. The maximum atomic E-state index is 13.3. The van der Waals surface area contributed by atoms with Crippen molar-refractivity contribution in [3.8, 4) is 11.3 Å². The Labute approximate surface area is 98.2 Å². The molecular formula is C10H6BrFN2O2. The Morgan fingerprint density at radius 2 is 2.25 bits per heavy atom. The van der Waals surface area contributed by atoms with E-state index in [9.17, 15) is 9.18 Å². The predicted molar refractivity (Wildman–Crippen MR) is 58.6 cm³/mol. The summed E-state index contributed by atoms with van der Waals surface area (Å²) in [5.41, 5.74) is 0.708. The van der Waals surface area contributed by atoms with Gasteiger partial charge in [0.25, 0.3) is 0 Å². The minimum absolute atomic E-state index is 0.00583. The van der Waals surface area contributed by atoms with Gasteiger partial charge in [-0.2, -0.15) is 5.10 Å². The van der Waals surface area contributed by atoms with Crippen molar-refractivity contribution in [1.29, 1.82) is 0 Å². The lowest BCUT2D eigenvalue weighted by atomic mass is 10.1. The van der Waals surface area contributed by atoms with Crippen LogP contribution in [0.5, 0.6) is 0 Å². The molecule has 4 nitrogen and oxygen atoms in total. The van der Waals surface area contributed by atoms with Crippen molar-refractivity contribution in [2.24, 2.45) is 0 Å². The second kappa shape index (κ2) is 4.05. The maximum Gasteiger partial charge on any atom is 0.339 e. The molecule has 1 aromatic carbocycles. The average molecular weight is 285 g/mol. The van der Waals surface area contributed by atoms with Gasteiger partial charge in [-0.15, -0.1) is 0 Å². The van der Waals surface area contributed by atoms with Crippen LogP contribution in [0.2, 0.25) is 0 Å². The number of nitrogens with one attached hydrogen (secondary N) is 1. The van der Waals surface area contributed by atoms with Crippen molar-refractivity contribution in [2.75, 3.05) is 0 Å². The molecule has 0 aliphatic rings. The molecule has 1 heterocycles. The minimum Gasteiger partial charge on any atom is -0.478 e. The van der Waals surface area contributed by atoms with Crippen molar-refractivity contribution in [3.63, 3.8) is 0 Å². The number of nitrogens with zero attached hydrogens (tertiary/aromatic N) is 1. The number of halogens is 2. The highest BCUT2D eigenvalue weighted by molar-refractivity contribution is 9.10. The van der Waals surface area contributed by atoms with E-state index in [1.165, 1.54) is 18.3 Å². The van der Waals surface area contributed by atoms with Gasteiger partial charge < -0.3 is 5.11 Å². The maximum absolute atomic E-state index is 13.3. The molecule has 6 heteroatoms. The predicted octanol–water partition coefficient (Wildman–Crippen LogP) is 2.68. The summed E-state index contributed by atoms with van der Waals surface area (Å²) in [5, 5.41) is 15.1. The highest BCUT2D eigenvalue weighted by Crippen LogP contribution is 2.30. The van der Waals surface area contributed by atoms with Gasteiger partial charge in [-0.05, 0) is 22.0 Å². The van der Waals surface area contributed by atoms with Crippen molar-refractivity contribution in [1.82, 2.24) is 10.2 Å². The number of aromatic nitrogens is 2. The number of aromatic amines is 1. The number of carbonyl (C=O) groups is 1. The summed E-state index contributed by atoms with van der Waals surface area (Å²) in [6, 6.07) is 4.39. The third kappa shape index (κ3) is 1.71. The Balaban J connectivity index is 2.63. The topological polar surface area (TPSA) is 66.0 Å². The first kappa shape index (κ1) is 10.8. The van der Waals surface area contributed by atoms with Gasteiger partial charge in [0.1, 0.15) is 11.4 Å². The van der Waals surface area contributed by atoms with E-state index in [1.54, 1.807) is 6.07 Å². The fraction of sp³-hybridized carbons (Fsp3) is 0. The third-order valence-electron chi connectivity index (χ3n) is 2.09. The Morgan fingerprint density at radius 1 is 1.50 bits per heavy atom. The Morgan fingerprint density at radius 3 is 2.94 bits per heavy atom. The third-order valence-corrected chi connectivity index (χ3v) is 2.90. The molecule has 0 aliphatic heterocycles. The van der Waals surface area contributed by atoms with Crippen molar-refractivity contribution in [2.45, 2.75) is 0 Å². The zero-order valence-electron chi connectivity index (χ0n) is 7.87. The number of H-pyrrole nitrogens is 1. The molecule has 0 fully saturated rings. The summed E-state index contributed by atoms with van der Waals surface area (Å²) in [5.74, 6) is -1.57. The van der Waals surface area contributed by atoms with Gasteiger partial charge in [-0.25, -0.2) is 9.18 Å². The monoisotopic (exact) mass is 284 g/mol. The SMILES string of the molecule is O=C(O)c1cn[nH]c1-c1cccc(F)c1Br. The number of benzene rings is 1. The minimum atomic E-state index is -1.11. The van der Waals surface area contributed by atoms with Crippen LogP contribution < -0.4 is 0 Å². The molecule has 0 saturated carbocycles. The van der Waals surface area contributed by atoms with Crippen LogP contribution in [0.15, 0.2) is 28.9 Å². The van der Waals surface area contributed by atoms with Gasteiger partial charge in [0.15, 0.2) is 0 Å². The highest BCUT2D eigenvalue weighted by Gasteiger charge is 2.17. The Hall–Kier alpha value is -1.69. The molecule has 2 rings (SSSR count). The van der Waals surface area contributed by atoms with Gasteiger partial charge in [-0.1, -0.05) is 12.1 Å². The lowest BCUT2D eigenvalue weighted by Gasteiger charge is -2.03. The number of hydrogen-bond acceptors (Lipinski definition) is 2. The molecule has 0 saturated heterocycles. The smallest absolute Gasteiger partial charge is 0.339 e. The first-order valence-electron chi connectivity index (χ1n) is 4.32. The lowest BCUT2D eigenvalue weighted by molar-refractivity contribution is 0.0698. The summed E-state index contributed by atoms with van der Waals surface area (Å²) >= 11 is 3.07. The van der Waals surface area contributed by atoms with E-state index in [2.05, 4.69) is 26.1 Å². The number of hydrogen-bond donors (Lipinski definition) is 2. The van der Waals surface area contributed by atoms with E-state index in [0.29, 0.717) is 5.56 Å². The van der Waals surface area contributed by atoms with E-state index >= 15 is 0 Å². The van der Waals surface area contributed by atoms with Gasteiger partial charge in [0.2, 0.25) is 0 Å². The van der Waals surface area contributed by atoms with Crippen LogP contribution in [0.1, 0.15) is 10.4 Å². The van der Waals surface area contributed by atoms with Crippen LogP contribution in [-0.4, -0.2) is 21.3 Å². The Kier molecular flexibility index (Phi) is 2.74. The van der Waals surface area contributed by atoms with Gasteiger partial charge in [0, 0.05) is 5.56 Å². The number of carboxylic acid groups (broad SMARTS) is 1. The largest absolute Gasteiger partial charge is 0.478 e. The van der Waals surface area contributed by atoms with E-state index in [1.807, 2.05) is 0 Å². The fourth-order valence-corrected chi connectivity index (χ4v) is 1.81. The molecule has 0 bridgehead atoms. The van der Waals surface area contributed by atoms with Crippen LogP contribution in [0.25, 0.3) is 11.3 Å². The van der Waals surface area contributed by atoms with Crippen molar-refractivity contribution >= 4 is 21.9 Å². The van der Waals surface area contributed by atoms with Gasteiger partial charge in [-0.3, -0.25) is 5.10 Å². The van der Waals surface area contributed by atoms with E-state index < -0.39 is 11.8 Å². The zero-order valence-corrected chi connectivity index (χ0v) is 9.45. The van der Waals surface area contributed by atoms with Crippen LogP contribution in [0.3, 0.4) is 0 Å². The molecular weight excluding hydrogens is 279 g/mol. The van der Waals surface area contributed by atoms with Gasteiger partial charge >= 0.3 is 5.97 Å². The number of rotatable bonds is 2. The first-order valence-corrected chi connectivity index (χ1v) is 5.11. The molecule has 1 aromatic heterocycles. The van der Waals surface area contributed by atoms with Crippen LogP contribution in [0, 0.1) is 5.82 Å².